The number of thioether (sulfide) groups is 2. The molecule has 0 aromatic rings. The summed E-state index contributed by atoms with van der Waals surface area (Å²) in [5, 5.41) is 0.967. The number of hydrogen-bond donors (Lipinski definition) is 1. The van der Waals surface area contributed by atoms with Crippen LogP contribution in [0.1, 0.15) is 78.6 Å². The normalized spacial score (nSPS) is 25.5. The van der Waals surface area contributed by atoms with E-state index in [4.69, 9.17) is 13.3 Å². The third kappa shape index (κ3) is 10.1. The molecule has 3 nitrogen and oxygen atoms in total. The zero-order valence-electron chi connectivity index (χ0n) is 20.3. The Morgan fingerprint density at radius 3 is 2.16 bits per heavy atom. The Morgan fingerprint density at radius 2 is 1.52 bits per heavy atom. The molecule has 0 amide bonds. The minimum atomic E-state index is -2.45. The highest BCUT2D eigenvalue weighted by atomic mass is 32.2. The molecule has 0 saturated heterocycles. The fourth-order valence-corrected chi connectivity index (χ4v) is 11.3. The molecule has 0 radical (unpaired) electrons. The summed E-state index contributed by atoms with van der Waals surface area (Å²) < 4.78 is 17.9. The second-order valence-corrected chi connectivity index (χ2v) is 14.8. The molecule has 31 heavy (non-hydrogen) atoms. The van der Waals surface area contributed by atoms with Gasteiger partial charge in [0.1, 0.15) is 0 Å². The van der Waals surface area contributed by atoms with Gasteiger partial charge < -0.3 is 13.3 Å². The van der Waals surface area contributed by atoms with Gasteiger partial charge in [0.15, 0.2) is 0 Å². The standard InChI is InChI=1S/C24H48O3S3Si/c1-4-25-31(26-5-2,27-6-3)17-11-14-29-16-12-22-18-21-19-23(22)24(20-21)30-15-10-8-7-9-13-28/h21-24,28H,4-20H2,1-3H3. The van der Waals surface area contributed by atoms with Crippen molar-refractivity contribution in [1.82, 2.24) is 0 Å². The van der Waals surface area contributed by atoms with Gasteiger partial charge in [-0.1, -0.05) is 12.8 Å². The van der Waals surface area contributed by atoms with Crippen LogP contribution in [0.2, 0.25) is 6.04 Å². The Morgan fingerprint density at radius 1 is 0.806 bits per heavy atom. The maximum atomic E-state index is 5.98. The van der Waals surface area contributed by atoms with Gasteiger partial charge in [-0.3, -0.25) is 0 Å². The Kier molecular flexibility index (Phi) is 15.3. The van der Waals surface area contributed by atoms with E-state index in [1.165, 1.54) is 68.6 Å². The molecule has 0 aromatic heterocycles. The van der Waals surface area contributed by atoms with E-state index in [2.05, 4.69) is 36.2 Å². The van der Waals surface area contributed by atoms with Crippen LogP contribution in [-0.4, -0.2) is 56.9 Å². The zero-order valence-corrected chi connectivity index (χ0v) is 23.8. The lowest BCUT2D eigenvalue weighted by molar-refractivity contribution is 0.0712. The van der Waals surface area contributed by atoms with E-state index in [0.29, 0.717) is 19.8 Å². The molecule has 0 aromatic carbocycles. The van der Waals surface area contributed by atoms with Crippen molar-refractivity contribution >= 4 is 45.0 Å². The number of fused-ring (bicyclic) bond motifs is 2. The van der Waals surface area contributed by atoms with Gasteiger partial charge in [-0.25, -0.2) is 0 Å². The van der Waals surface area contributed by atoms with Crippen LogP contribution in [0.15, 0.2) is 0 Å². The molecule has 2 rings (SSSR count). The van der Waals surface area contributed by atoms with Crippen molar-refractivity contribution in [2.75, 3.05) is 42.8 Å². The molecule has 4 unspecified atom stereocenters. The molecule has 184 valence electrons. The van der Waals surface area contributed by atoms with Gasteiger partial charge >= 0.3 is 8.80 Å². The van der Waals surface area contributed by atoms with Gasteiger partial charge in [-0.15, -0.1) is 0 Å². The van der Waals surface area contributed by atoms with Crippen molar-refractivity contribution in [1.29, 1.82) is 0 Å². The van der Waals surface area contributed by atoms with Crippen LogP contribution in [0.4, 0.5) is 0 Å². The highest BCUT2D eigenvalue weighted by Gasteiger charge is 2.45. The molecule has 0 heterocycles. The maximum absolute atomic E-state index is 5.98. The summed E-state index contributed by atoms with van der Waals surface area (Å²) in [5.41, 5.74) is 0. The van der Waals surface area contributed by atoms with Crippen molar-refractivity contribution in [3.05, 3.63) is 0 Å². The SMILES string of the molecule is CCO[Si](CCCSCCC1CC2CC(SCCCCCCS)C1C2)(OCC)OCC. The third-order valence-corrected chi connectivity index (χ3v) is 12.8. The monoisotopic (exact) mass is 508 g/mol. The number of rotatable bonds is 20. The van der Waals surface area contributed by atoms with Crippen LogP contribution in [0.5, 0.6) is 0 Å². The Bertz CT molecular complexity index is 441. The van der Waals surface area contributed by atoms with E-state index in [1.54, 1.807) is 0 Å². The summed E-state index contributed by atoms with van der Waals surface area (Å²) in [6, 6.07) is 0.955. The largest absolute Gasteiger partial charge is 0.500 e. The van der Waals surface area contributed by atoms with Crippen molar-refractivity contribution in [2.45, 2.75) is 89.9 Å². The Hall–Kier alpha value is 1.15. The number of hydrogen-bond acceptors (Lipinski definition) is 6. The van der Waals surface area contributed by atoms with Crippen LogP contribution in [-0.2, 0) is 13.3 Å². The predicted molar refractivity (Wildman–Crippen MR) is 145 cm³/mol. The molecular formula is C24H48O3S3Si. The summed E-state index contributed by atoms with van der Waals surface area (Å²) >= 11 is 8.76. The molecule has 0 spiro atoms. The van der Waals surface area contributed by atoms with Crippen LogP contribution in [0, 0.1) is 17.8 Å². The van der Waals surface area contributed by atoms with Crippen LogP contribution in [0.3, 0.4) is 0 Å². The molecule has 7 heteroatoms. The lowest BCUT2D eigenvalue weighted by Gasteiger charge is -2.29. The van der Waals surface area contributed by atoms with E-state index in [1.807, 2.05) is 20.8 Å². The smallest absolute Gasteiger partial charge is 0.374 e. The molecule has 2 bridgehead atoms. The quantitative estimate of drug-likeness (QED) is 0.107. The molecule has 0 N–H and O–H groups in total. The van der Waals surface area contributed by atoms with Crippen molar-refractivity contribution in [3.63, 3.8) is 0 Å². The average molecular weight is 509 g/mol. The van der Waals surface area contributed by atoms with Gasteiger partial charge in [-0.2, -0.15) is 36.2 Å². The predicted octanol–water partition coefficient (Wildman–Crippen LogP) is 7.19. The summed E-state index contributed by atoms with van der Waals surface area (Å²) in [6.07, 6.45) is 12.6. The van der Waals surface area contributed by atoms with Gasteiger partial charge in [0.05, 0.1) is 0 Å². The van der Waals surface area contributed by atoms with Crippen molar-refractivity contribution < 1.29 is 13.3 Å². The number of unbranched alkanes of at least 4 members (excludes halogenated alkanes) is 3. The molecule has 0 aliphatic heterocycles. The maximum Gasteiger partial charge on any atom is 0.500 e. The lowest BCUT2D eigenvalue weighted by atomic mass is 9.86. The summed E-state index contributed by atoms with van der Waals surface area (Å²) in [6.45, 7) is 8.16. The summed E-state index contributed by atoms with van der Waals surface area (Å²) in [4.78, 5) is 0. The minimum Gasteiger partial charge on any atom is -0.374 e. The average Bonchev–Trinajstić information content (AvgIpc) is 3.34. The van der Waals surface area contributed by atoms with Crippen molar-refractivity contribution in [2.24, 2.45) is 17.8 Å². The van der Waals surface area contributed by atoms with Gasteiger partial charge in [0, 0.05) is 31.1 Å². The lowest BCUT2D eigenvalue weighted by Crippen LogP contribution is -2.46. The van der Waals surface area contributed by atoms with Gasteiger partial charge in [0.2, 0.25) is 0 Å². The van der Waals surface area contributed by atoms with Gasteiger partial charge in [-0.05, 0) is 106 Å². The van der Waals surface area contributed by atoms with Crippen LogP contribution < -0.4 is 0 Å². The van der Waals surface area contributed by atoms with E-state index in [-0.39, 0.29) is 0 Å². The summed E-state index contributed by atoms with van der Waals surface area (Å²) in [5.74, 6) is 8.01. The highest BCUT2D eigenvalue weighted by molar-refractivity contribution is 8.00. The fraction of sp³-hybridized carbons (Fsp3) is 1.00. The second-order valence-electron chi connectivity index (χ2n) is 9.03. The summed E-state index contributed by atoms with van der Waals surface area (Å²) in [7, 11) is -2.45. The molecule has 2 aliphatic rings. The molecule has 2 aliphatic carbocycles. The Balaban J connectivity index is 1.58. The van der Waals surface area contributed by atoms with Crippen LogP contribution in [0.25, 0.3) is 0 Å². The van der Waals surface area contributed by atoms with E-state index in [0.717, 1.165) is 41.2 Å². The van der Waals surface area contributed by atoms with Crippen LogP contribution >= 0.6 is 36.2 Å². The minimum absolute atomic E-state index is 0.679. The molecule has 4 atom stereocenters. The fourth-order valence-electron chi connectivity index (χ4n) is 5.48. The van der Waals surface area contributed by atoms with Gasteiger partial charge in [0.25, 0.3) is 0 Å². The first-order valence-corrected chi connectivity index (χ1v) is 17.7. The van der Waals surface area contributed by atoms with E-state index < -0.39 is 8.80 Å². The zero-order chi connectivity index (χ0) is 22.4. The molecular weight excluding hydrogens is 461 g/mol. The number of thiol groups is 1. The first kappa shape index (κ1) is 28.4. The Labute approximate surface area is 208 Å². The van der Waals surface area contributed by atoms with E-state index >= 15 is 0 Å². The second kappa shape index (κ2) is 16.7. The highest BCUT2D eigenvalue weighted by Crippen LogP contribution is 2.54. The van der Waals surface area contributed by atoms with Crippen molar-refractivity contribution in [3.8, 4) is 0 Å². The molecule has 2 saturated carbocycles. The first-order valence-electron chi connectivity index (χ1n) is 12.9. The topological polar surface area (TPSA) is 27.7 Å². The molecule has 2 fully saturated rings. The first-order chi connectivity index (χ1) is 15.2. The third-order valence-electron chi connectivity index (χ3n) is 6.77. The van der Waals surface area contributed by atoms with E-state index in [9.17, 15) is 0 Å².